The molecule has 0 fully saturated rings. The summed E-state index contributed by atoms with van der Waals surface area (Å²) in [4.78, 5) is 24.8. The largest absolute Gasteiger partial charge is 0.497 e. The number of anilines is 2. The smallest absolute Gasteiger partial charge is 0.255 e. The van der Waals surface area contributed by atoms with E-state index in [2.05, 4.69) is 10.6 Å². The van der Waals surface area contributed by atoms with Crippen molar-refractivity contribution in [2.24, 2.45) is 0 Å². The van der Waals surface area contributed by atoms with E-state index in [1.165, 1.54) is 14.2 Å². The Hall–Kier alpha value is -4.00. The highest BCUT2D eigenvalue weighted by Gasteiger charge is 2.11. The second kappa shape index (κ2) is 9.47. The number of hydrogen-bond donors (Lipinski definition) is 2. The van der Waals surface area contributed by atoms with Gasteiger partial charge in [-0.05, 0) is 66.7 Å². The molecule has 0 unspecified atom stereocenters. The van der Waals surface area contributed by atoms with E-state index in [1.807, 2.05) is 0 Å². The lowest BCUT2D eigenvalue weighted by Gasteiger charge is -2.11. The third-order valence-corrected chi connectivity index (χ3v) is 4.40. The number of carbonyl (C=O) groups excluding carboxylic acids is 2. The van der Waals surface area contributed by atoms with Crippen molar-refractivity contribution in [2.45, 2.75) is 0 Å². The lowest BCUT2D eigenvalue weighted by atomic mass is 10.1. The molecule has 0 radical (unpaired) electrons. The van der Waals surface area contributed by atoms with E-state index in [1.54, 1.807) is 73.8 Å². The molecule has 0 atom stereocenters. The molecule has 2 amide bonds. The van der Waals surface area contributed by atoms with Crippen molar-refractivity contribution in [2.75, 3.05) is 32.0 Å². The van der Waals surface area contributed by atoms with Crippen molar-refractivity contribution < 1.29 is 23.8 Å². The molecule has 3 rings (SSSR count). The Morgan fingerprint density at radius 3 is 1.60 bits per heavy atom. The number of amides is 2. The van der Waals surface area contributed by atoms with Crippen LogP contribution in [0.4, 0.5) is 11.4 Å². The van der Waals surface area contributed by atoms with E-state index in [9.17, 15) is 9.59 Å². The minimum Gasteiger partial charge on any atom is -0.497 e. The van der Waals surface area contributed by atoms with Gasteiger partial charge in [-0.3, -0.25) is 9.59 Å². The lowest BCUT2D eigenvalue weighted by Crippen LogP contribution is -2.13. The van der Waals surface area contributed by atoms with Gasteiger partial charge >= 0.3 is 0 Å². The summed E-state index contributed by atoms with van der Waals surface area (Å²) in [5.74, 6) is 1.18. The SMILES string of the molecule is COc1ccc(C(=O)Nc2ccc(NC(=O)c3ccc(OC)c(OC)c3)cc2)cc1. The molecule has 0 heterocycles. The molecule has 3 aromatic carbocycles. The van der Waals surface area contributed by atoms with Gasteiger partial charge in [0.05, 0.1) is 21.3 Å². The van der Waals surface area contributed by atoms with E-state index in [-0.39, 0.29) is 11.8 Å². The number of rotatable bonds is 7. The minimum absolute atomic E-state index is 0.236. The Kier molecular flexibility index (Phi) is 6.54. The zero-order chi connectivity index (χ0) is 21.5. The van der Waals surface area contributed by atoms with Crippen LogP contribution in [0.25, 0.3) is 0 Å². The number of hydrogen-bond acceptors (Lipinski definition) is 5. The van der Waals surface area contributed by atoms with E-state index in [4.69, 9.17) is 14.2 Å². The predicted molar refractivity (Wildman–Crippen MR) is 115 cm³/mol. The number of carbonyl (C=O) groups is 2. The normalized spacial score (nSPS) is 10.1. The number of ether oxygens (including phenoxy) is 3. The molecule has 3 aromatic rings. The van der Waals surface area contributed by atoms with E-state index < -0.39 is 0 Å². The van der Waals surface area contributed by atoms with E-state index in [0.717, 1.165) is 0 Å². The topological polar surface area (TPSA) is 85.9 Å². The molecule has 2 N–H and O–H groups in total. The number of nitrogens with one attached hydrogen (secondary N) is 2. The van der Waals surface area contributed by atoms with Gasteiger partial charge in [-0.25, -0.2) is 0 Å². The molecule has 0 aliphatic heterocycles. The highest BCUT2D eigenvalue weighted by Crippen LogP contribution is 2.28. The third-order valence-electron chi connectivity index (χ3n) is 4.40. The maximum absolute atomic E-state index is 12.5. The summed E-state index contributed by atoms with van der Waals surface area (Å²) in [7, 11) is 4.62. The summed E-state index contributed by atoms with van der Waals surface area (Å²) in [6.45, 7) is 0. The van der Waals surface area contributed by atoms with Crippen molar-refractivity contribution in [3.63, 3.8) is 0 Å². The molecule has 7 heteroatoms. The van der Waals surface area contributed by atoms with Crippen molar-refractivity contribution in [3.05, 3.63) is 77.9 Å². The van der Waals surface area contributed by atoms with Crippen LogP contribution in [0.1, 0.15) is 20.7 Å². The molecular formula is C23H22N2O5. The standard InChI is InChI=1S/C23H22N2O5/c1-28-19-11-4-15(5-12-19)22(26)24-17-7-9-18(10-8-17)25-23(27)16-6-13-20(29-2)21(14-16)30-3/h4-14H,1-3H3,(H,24,26)(H,25,27). The number of benzene rings is 3. The minimum atomic E-state index is -0.286. The van der Waals surface area contributed by atoms with Gasteiger partial charge < -0.3 is 24.8 Å². The first kappa shape index (κ1) is 20.7. The quantitative estimate of drug-likeness (QED) is 0.614. The van der Waals surface area contributed by atoms with Crippen LogP contribution in [-0.2, 0) is 0 Å². The fourth-order valence-corrected chi connectivity index (χ4v) is 2.76. The number of methoxy groups -OCH3 is 3. The molecule has 0 aliphatic rings. The van der Waals surface area contributed by atoms with Gasteiger partial charge in [0.2, 0.25) is 0 Å². The van der Waals surface area contributed by atoms with Crippen LogP contribution in [0, 0.1) is 0 Å². The first-order valence-electron chi connectivity index (χ1n) is 9.13. The maximum Gasteiger partial charge on any atom is 0.255 e. The molecule has 0 bridgehead atoms. The van der Waals surface area contributed by atoms with Crippen LogP contribution in [0.3, 0.4) is 0 Å². The second-order valence-corrected chi connectivity index (χ2v) is 6.28. The van der Waals surface area contributed by atoms with Crippen LogP contribution < -0.4 is 24.8 Å². The van der Waals surface area contributed by atoms with E-state index in [0.29, 0.717) is 39.8 Å². The monoisotopic (exact) mass is 406 g/mol. The summed E-state index contributed by atoms with van der Waals surface area (Å²) in [6.07, 6.45) is 0. The Labute approximate surface area is 174 Å². The molecular weight excluding hydrogens is 384 g/mol. The molecule has 0 aromatic heterocycles. The molecule has 154 valence electrons. The summed E-state index contributed by atoms with van der Waals surface area (Å²) in [5, 5.41) is 5.62. The fourth-order valence-electron chi connectivity index (χ4n) is 2.76. The molecule has 0 aliphatic carbocycles. The molecule has 0 spiro atoms. The van der Waals surface area contributed by atoms with Gasteiger partial charge in [-0.2, -0.15) is 0 Å². The Balaban J connectivity index is 1.63. The van der Waals surface area contributed by atoms with Gasteiger partial charge in [-0.1, -0.05) is 0 Å². The predicted octanol–water partition coefficient (Wildman–Crippen LogP) is 4.22. The average Bonchev–Trinajstić information content (AvgIpc) is 2.79. The summed E-state index contributed by atoms with van der Waals surface area (Å²) >= 11 is 0. The van der Waals surface area contributed by atoms with E-state index >= 15 is 0 Å². The van der Waals surface area contributed by atoms with Gasteiger partial charge in [0.15, 0.2) is 11.5 Å². The summed E-state index contributed by atoms with van der Waals surface area (Å²) in [6, 6.07) is 18.6. The Morgan fingerprint density at radius 1 is 0.600 bits per heavy atom. The van der Waals surface area contributed by atoms with Gasteiger partial charge in [0.25, 0.3) is 11.8 Å². The summed E-state index contributed by atoms with van der Waals surface area (Å²) in [5.41, 5.74) is 2.16. The van der Waals surface area contributed by atoms with Crippen LogP contribution >= 0.6 is 0 Å². The highest BCUT2D eigenvalue weighted by molar-refractivity contribution is 6.06. The Morgan fingerprint density at radius 2 is 1.10 bits per heavy atom. The average molecular weight is 406 g/mol. The van der Waals surface area contributed by atoms with Crippen LogP contribution in [-0.4, -0.2) is 33.1 Å². The zero-order valence-electron chi connectivity index (χ0n) is 16.9. The molecule has 0 saturated carbocycles. The first-order chi connectivity index (χ1) is 14.5. The third kappa shape index (κ3) is 4.88. The molecule has 0 saturated heterocycles. The Bertz CT molecular complexity index is 1030. The maximum atomic E-state index is 12.5. The molecule has 30 heavy (non-hydrogen) atoms. The highest BCUT2D eigenvalue weighted by atomic mass is 16.5. The van der Waals surface area contributed by atoms with Crippen molar-refractivity contribution >= 4 is 23.2 Å². The zero-order valence-corrected chi connectivity index (χ0v) is 16.9. The van der Waals surface area contributed by atoms with Crippen molar-refractivity contribution in [1.82, 2.24) is 0 Å². The summed E-state index contributed by atoms with van der Waals surface area (Å²) < 4.78 is 15.5. The first-order valence-corrected chi connectivity index (χ1v) is 9.13. The van der Waals surface area contributed by atoms with Gasteiger partial charge in [0.1, 0.15) is 5.75 Å². The van der Waals surface area contributed by atoms with Gasteiger partial charge in [0, 0.05) is 22.5 Å². The van der Waals surface area contributed by atoms with Crippen LogP contribution in [0.5, 0.6) is 17.2 Å². The van der Waals surface area contributed by atoms with Crippen LogP contribution in [0.15, 0.2) is 66.7 Å². The van der Waals surface area contributed by atoms with Crippen LogP contribution in [0.2, 0.25) is 0 Å². The fraction of sp³-hybridized carbons (Fsp3) is 0.130. The van der Waals surface area contributed by atoms with Crippen molar-refractivity contribution in [1.29, 1.82) is 0 Å². The second-order valence-electron chi connectivity index (χ2n) is 6.28. The lowest BCUT2D eigenvalue weighted by molar-refractivity contribution is 0.101. The molecule has 7 nitrogen and oxygen atoms in total. The van der Waals surface area contributed by atoms with Gasteiger partial charge in [-0.15, -0.1) is 0 Å². The van der Waals surface area contributed by atoms with Crippen molar-refractivity contribution in [3.8, 4) is 17.2 Å².